The maximum Gasteiger partial charge on any atom is 0.230 e. The van der Waals surface area contributed by atoms with Gasteiger partial charge in [0.15, 0.2) is 0 Å². The highest BCUT2D eigenvalue weighted by atomic mass is 16.5. The zero-order valence-corrected chi connectivity index (χ0v) is 12.9. The Morgan fingerprint density at radius 1 is 1.17 bits per heavy atom. The van der Waals surface area contributed by atoms with E-state index in [1.807, 2.05) is 0 Å². The lowest BCUT2D eigenvalue weighted by molar-refractivity contribution is -0.313. The summed E-state index contributed by atoms with van der Waals surface area (Å²) in [4.78, 5) is 24.0. The number of methoxy groups -OCH3 is 2. The summed E-state index contributed by atoms with van der Waals surface area (Å²) in [6.45, 7) is 0. The van der Waals surface area contributed by atoms with Gasteiger partial charge in [-0.2, -0.15) is 0 Å². The van der Waals surface area contributed by atoms with Crippen molar-refractivity contribution in [1.82, 2.24) is 0 Å². The lowest BCUT2D eigenvalue weighted by Gasteiger charge is -2.27. The Hall–Kier alpha value is -2.28. The summed E-state index contributed by atoms with van der Waals surface area (Å²) in [7, 11) is 3.01. The number of fused-ring (bicyclic) bond motifs is 2. The van der Waals surface area contributed by atoms with Gasteiger partial charge in [-0.05, 0) is 25.0 Å². The van der Waals surface area contributed by atoms with Crippen LogP contribution in [-0.4, -0.2) is 38.3 Å². The Kier molecular flexibility index (Phi) is 4.12. The van der Waals surface area contributed by atoms with Crippen LogP contribution in [0.1, 0.15) is 12.8 Å². The summed E-state index contributed by atoms with van der Waals surface area (Å²) in [5.41, 5.74) is 0.428. The molecule has 0 spiro atoms. The van der Waals surface area contributed by atoms with E-state index in [0.717, 1.165) is 0 Å². The molecule has 3 rings (SSSR count). The standard InChI is InChI=1S/C16H19NO6/c1-21-8-3-4-10(22-2)9(7-8)17-15(18)13-11-5-6-12(23-11)14(13)16(19)20/h3-4,7,11-14H,5-6H2,1-2H3,(H,17,18)(H,19,20)/p-1/t11-,12+,13+,14+/m1/s1. The fourth-order valence-corrected chi connectivity index (χ4v) is 3.44. The number of carboxylic acids is 1. The highest BCUT2D eigenvalue weighted by Crippen LogP contribution is 2.44. The van der Waals surface area contributed by atoms with E-state index in [2.05, 4.69) is 5.32 Å². The van der Waals surface area contributed by atoms with Gasteiger partial charge in [0.1, 0.15) is 11.5 Å². The van der Waals surface area contributed by atoms with E-state index in [-0.39, 0.29) is 6.10 Å². The molecule has 7 heteroatoms. The van der Waals surface area contributed by atoms with Crippen LogP contribution in [0, 0.1) is 11.8 Å². The second-order valence-corrected chi connectivity index (χ2v) is 5.72. The number of anilines is 1. The average Bonchev–Trinajstić information content (AvgIpc) is 3.15. The van der Waals surface area contributed by atoms with E-state index >= 15 is 0 Å². The summed E-state index contributed by atoms with van der Waals surface area (Å²) in [5, 5.41) is 14.1. The van der Waals surface area contributed by atoms with Crippen molar-refractivity contribution in [3.05, 3.63) is 18.2 Å². The van der Waals surface area contributed by atoms with Gasteiger partial charge in [0.05, 0.1) is 38.0 Å². The molecule has 2 aliphatic rings. The predicted molar refractivity (Wildman–Crippen MR) is 78.1 cm³/mol. The molecule has 1 aromatic rings. The van der Waals surface area contributed by atoms with Crippen molar-refractivity contribution in [3.63, 3.8) is 0 Å². The molecule has 2 aliphatic heterocycles. The molecule has 4 atom stereocenters. The molecule has 7 nitrogen and oxygen atoms in total. The van der Waals surface area contributed by atoms with Crippen LogP contribution in [0.5, 0.6) is 11.5 Å². The third kappa shape index (κ3) is 2.72. The highest BCUT2D eigenvalue weighted by Gasteiger charge is 2.52. The number of hydrogen-bond donors (Lipinski definition) is 1. The Bertz CT molecular complexity index is 631. The van der Waals surface area contributed by atoms with Gasteiger partial charge in [-0.15, -0.1) is 0 Å². The number of hydrogen-bond acceptors (Lipinski definition) is 6. The molecule has 2 bridgehead atoms. The summed E-state index contributed by atoms with van der Waals surface area (Å²) in [6.07, 6.45) is 0.518. The molecule has 1 amide bonds. The van der Waals surface area contributed by atoms with Crippen LogP contribution < -0.4 is 19.9 Å². The van der Waals surface area contributed by atoms with Crippen LogP contribution in [0.15, 0.2) is 18.2 Å². The first-order valence-corrected chi connectivity index (χ1v) is 7.44. The van der Waals surface area contributed by atoms with Gasteiger partial charge in [0.2, 0.25) is 5.91 Å². The molecule has 0 saturated carbocycles. The maximum absolute atomic E-state index is 12.6. The second-order valence-electron chi connectivity index (χ2n) is 5.72. The minimum atomic E-state index is -1.24. The van der Waals surface area contributed by atoms with Crippen molar-refractivity contribution < 1.29 is 28.9 Å². The van der Waals surface area contributed by atoms with Gasteiger partial charge in [-0.3, -0.25) is 4.79 Å². The van der Waals surface area contributed by atoms with Gasteiger partial charge in [0.25, 0.3) is 0 Å². The molecule has 2 saturated heterocycles. The predicted octanol–water partition coefficient (Wildman–Crippen LogP) is 0.186. The molecule has 1 aromatic carbocycles. The zero-order chi connectivity index (χ0) is 16.6. The summed E-state index contributed by atoms with van der Waals surface area (Å²) >= 11 is 0. The van der Waals surface area contributed by atoms with E-state index in [1.165, 1.54) is 14.2 Å². The van der Waals surface area contributed by atoms with Gasteiger partial charge in [-0.1, -0.05) is 0 Å². The van der Waals surface area contributed by atoms with Crippen LogP contribution in [0.4, 0.5) is 5.69 Å². The number of nitrogens with one attached hydrogen (secondary N) is 1. The zero-order valence-electron chi connectivity index (χ0n) is 12.9. The molecule has 2 fully saturated rings. The van der Waals surface area contributed by atoms with Crippen molar-refractivity contribution in [1.29, 1.82) is 0 Å². The van der Waals surface area contributed by atoms with Crippen LogP contribution >= 0.6 is 0 Å². The first-order chi connectivity index (χ1) is 11.0. The van der Waals surface area contributed by atoms with Crippen molar-refractivity contribution in [2.45, 2.75) is 25.0 Å². The quantitative estimate of drug-likeness (QED) is 0.831. The van der Waals surface area contributed by atoms with Gasteiger partial charge in [-0.25, -0.2) is 0 Å². The molecular formula is C16H18NO6-. The number of carbonyl (C=O) groups is 2. The Morgan fingerprint density at radius 2 is 1.87 bits per heavy atom. The Labute approximate surface area is 133 Å². The summed E-state index contributed by atoms with van der Waals surface area (Å²) < 4.78 is 15.9. The molecule has 2 heterocycles. The molecule has 1 N–H and O–H groups in total. The normalized spacial score (nSPS) is 28.4. The first-order valence-electron chi connectivity index (χ1n) is 7.44. The first kappa shape index (κ1) is 15.6. The van der Waals surface area contributed by atoms with Crippen molar-refractivity contribution in [2.24, 2.45) is 11.8 Å². The Balaban J connectivity index is 1.83. The van der Waals surface area contributed by atoms with E-state index in [0.29, 0.717) is 30.0 Å². The topological polar surface area (TPSA) is 96.9 Å². The SMILES string of the molecule is COc1ccc(OC)c(NC(=O)[C@@H]2[C@@H](C(=O)[O-])[C@@H]3CC[C@H]2O3)c1. The van der Waals surface area contributed by atoms with Crippen molar-refractivity contribution in [2.75, 3.05) is 19.5 Å². The average molecular weight is 320 g/mol. The third-order valence-corrected chi connectivity index (χ3v) is 4.51. The number of amides is 1. The van der Waals surface area contributed by atoms with Gasteiger partial charge in [0, 0.05) is 18.0 Å². The molecule has 0 radical (unpaired) electrons. The van der Waals surface area contributed by atoms with Crippen molar-refractivity contribution in [3.8, 4) is 11.5 Å². The van der Waals surface area contributed by atoms with E-state index in [4.69, 9.17) is 14.2 Å². The van der Waals surface area contributed by atoms with Crippen LogP contribution in [-0.2, 0) is 14.3 Å². The molecule has 0 unspecified atom stereocenters. The molecule has 0 aromatic heterocycles. The molecule has 124 valence electrons. The van der Waals surface area contributed by atoms with E-state index in [9.17, 15) is 14.7 Å². The minimum Gasteiger partial charge on any atom is -0.550 e. The fraction of sp³-hybridized carbons (Fsp3) is 0.500. The summed E-state index contributed by atoms with van der Waals surface area (Å²) in [6, 6.07) is 5.00. The number of rotatable bonds is 5. The number of benzene rings is 1. The smallest absolute Gasteiger partial charge is 0.230 e. The second kappa shape index (κ2) is 6.08. The van der Waals surface area contributed by atoms with Gasteiger partial charge >= 0.3 is 0 Å². The lowest BCUT2D eigenvalue weighted by atomic mass is 9.78. The van der Waals surface area contributed by atoms with Crippen LogP contribution in [0.25, 0.3) is 0 Å². The number of carboxylic acid groups (broad SMARTS) is 1. The third-order valence-electron chi connectivity index (χ3n) is 4.51. The minimum absolute atomic E-state index is 0.375. The fourth-order valence-electron chi connectivity index (χ4n) is 3.44. The Morgan fingerprint density at radius 3 is 2.48 bits per heavy atom. The largest absolute Gasteiger partial charge is 0.550 e. The number of aliphatic carboxylic acids is 1. The number of ether oxygens (including phenoxy) is 3. The highest BCUT2D eigenvalue weighted by molar-refractivity contribution is 5.97. The van der Waals surface area contributed by atoms with E-state index < -0.39 is 29.8 Å². The lowest BCUT2D eigenvalue weighted by Crippen LogP contribution is -2.46. The van der Waals surface area contributed by atoms with E-state index in [1.54, 1.807) is 18.2 Å². The van der Waals surface area contributed by atoms with Crippen LogP contribution in [0.3, 0.4) is 0 Å². The maximum atomic E-state index is 12.6. The molecule has 0 aliphatic carbocycles. The number of carbonyl (C=O) groups excluding carboxylic acids is 2. The molecular weight excluding hydrogens is 302 g/mol. The molecule has 23 heavy (non-hydrogen) atoms. The monoisotopic (exact) mass is 320 g/mol. The van der Waals surface area contributed by atoms with Crippen molar-refractivity contribution >= 4 is 17.6 Å². The van der Waals surface area contributed by atoms with Gasteiger partial charge < -0.3 is 29.4 Å². The summed E-state index contributed by atoms with van der Waals surface area (Å²) in [5.74, 6) is -2.29. The van der Waals surface area contributed by atoms with Crippen LogP contribution in [0.2, 0.25) is 0 Å².